The van der Waals surface area contributed by atoms with E-state index in [0.717, 1.165) is 24.6 Å². The molecule has 4 aromatic carbocycles. The van der Waals surface area contributed by atoms with Crippen LogP contribution in [-0.4, -0.2) is 45.1 Å². The van der Waals surface area contributed by atoms with Crippen LogP contribution in [0.4, 0.5) is 26.3 Å². The second-order valence-corrected chi connectivity index (χ2v) is 16.3. The smallest absolute Gasteiger partial charge is 0.289 e. The third kappa shape index (κ3) is 7.82. The maximum Gasteiger partial charge on any atom is 0.416 e. The molecule has 0 fully saturated rings. The molecule has 0 N–H and O–H groups in total. The van der Waals surface area contributed by atoms with Crippen LogP contribution in [0.1, 0.15) is 27.0 Å². The number of aromatic nitrogens is 2. The molecule has 0 saturated carbocycles. The van der Waals surface area contributed by atoms with Crippen molar-refractivity contribution < 1.29 is 48.0 Å². The summed E-state index contributed by atoms with van der Waals surface area (Å²) in [4.78, 5) is 23.3. The fourth-order valence-electron chi connectivity index (χ4n) is 5.91. The first-order valence-electron chi connectivity index (χ1n) is 15.7. The Labute approximate surface area is 305 Å². The predicted molar refractivity (Wildman–Crippen MR) is 190 cm³/mol. The Morgan fingerprint density at radius 2 is 0.870 bits per heavy atom. The minimum atomic E-state index is -5.05. The van der Waals surface area contributed by atoms with Gasteiger partial charge < -0.3 is 0 Å². The maximum atomic E-state index is 15.0. The summed E-state index contributed by atoms with van der Waals surface area (Å²) in [7, 11) is -7.42. The summed E-state index contributed by atoms with van der Waals surface area (Å²) in [5.74, 6) is -1.24. The molecular weight excluding hydrogens is 755 g/mol. The van der Waals surface area contributed by atoms with E-state index >= 15 is 0 Å². The van der Waals surface area contributed by atoms with E-state index in [0.29, 0.717) is 12.1 Å². The fourth-order valence-corrected chi connectivity index (χ4v) is 7.17. The summed E-state index contributed by atoms with van der Waals surface area (Å²) in [5.41, 5.74) is -4.53. The molecule has 0 atom stereocenters. The minimum Gasteiger partial charge on any atom is -0.289 e. The lowest BCUT2D eigenvalue weighted by atomic mass is 9.83. The molecule has 0 amide bonds. The SMILES string of the molecule is CS(=O)(=O)c1ccc(-c2cc(C(F)(F)F)cc(C(=O)c3cc(C(F)(F)F)cc(-c4ccc(S(C)(=O)=O)cc4)c3-c3ccccn3)c2-c2ccccn2)cc1. The van der Waals surface area contributed by atoms with Crippen LogP contribution in [0.25, 0.3) is 44.8 Å². The van der Waals surface area contributed by atoms with Gasteiger partial charge in [-0.1, -0.05) is 36.4 Å². The van der Waals surface area contributed by atoms with E-state index < -0.39 is 60.1 Å². The van der Waals surface area contributed by atoms with Crippen molar-refractivity contribution in [2.45, 2.75) is 22.1 Å². The zero-order chi connectivity index (χ0) is 39.2. The zero-order valence-electron chi connectivity index (χ0n) is 28.1. The van der Waals surface area contributed by atoms with Crippen LogP contribution < -0.4 is 0 Å². The first kappa shape index (κ1) is 38.1. The summed E-state index contributed by atoms with van der Waals surface area (Å²) in [6.07, 6.45) is -5.57. The molecule has 0 unspecified atom stereocenters. The van der Waals surface area contributed by atoms with Gasteiger partial charge in [-0.05, 0) is 95.1 Å². The predicted octanol–water partition coefficient (Wildman–Crippen LogP) is 9.22. The van der Waals surface area contributed by atoms with E-state index in [4.69, 9.17) is 0 Å². The lowest BCUT2D eigenvalue weighted by Crippen LogP contribution is -2.15. The van der Waals surface area contributed by atoms with Crippen LogP contribution in [0.3, 0.4) is 0 Å². The molecule has 6 rings (SSSR count). The second kappa shape index (κ2) is 14.0. The minimum absolute atomic E-state index is 0.000265. The Morgan fingerprint density at radius 3 is 1.15 bits per heavy atom. The van der Waals surface area contributed by atoms with Gasteiger partial charge in [0.15, 0.2) is 25.5 Å². The molecule has 276 valence electrons. The number of pyridine rings is 2. The average molecular weight is 781 g/mol. The molecule has 2 aromatic heterocycles. The quantitative estimate of drug-likeness (QED) is 0.112. The summed E-state index contributed by atoms with van der Waals surface area (Å²) in [5, 5.41) is 0. The Hall–Kier alpha value is -5.67. The fraction of sp³-hybridized carbons (Fsp3) is 0.103. The number of sulfone groups is 2. The van der Waals surface area contributed by atoms with Crippen molar-refractivity contribution in [2.75, 3.05) is 12.5 Å². The molecule has 7 nitrogen and oxygen atoms in total. The summed E-state index contributed by atoms with van der Waals surface area (Å²) in [6.45, 7) is 0. The number of hydrogen-bond acceptors (Lipinski definition) is 7. The Bertz CT molecular complexity index is 2430. The molecule has 2 heterocycles. The van der Waals surface area contributed by atoms with Gasteiger partial charge in [-0.15, -0.1) is 0 Å². The van der Waals surface area contributed by atoms with Crippen LogP contribution in [0, 0.1) is 0 Å². The van der Waals surface area contributed by atoms with Crippen molar-refractivity contribution in [3.05, 3.63) is 144 Å². The van der Waals surface area contributed by atoms with Crippen molar-refractivity contribution >= 4 is 25.5 Å². The average Bonchev–Trinajstić information content (AvgIpc) is 3.13. The van der Waals surface area contributed by atoms with Gasteiger partial charge in [0, 0.05) is 47.2 Å². The van der Waals surface area contributed by atoms with E-state index in [1.54, 1.807) is 0 Å². The van der Waals surface area contributed by atoms with E-state index in [2.05, 4.69) is 9.97 Å². The number of halogens is 6. The van der Waals surface area contributed by atoms with Crippen LogP contribution in [-0.2, 0) is 32.0 Å². The van der Waals surface area contributed by atoms with Crippen LogP contribution in [0.5, 0.6) is 0 Å². The van der Waals surface area contributed by atoms with Crippen molar-refractivity contribution in [1.29, 1.82) is 0 Å². The molecule has 6 aromatic rings. The Balaban J connectivity index is 1.74. The van der Waals surface area contributed by atoms with Gasteiger partial charge in [0.05, 0.1) is 32.3 Å². The Morgan fingerprint density at radius 1 is 0.519 bits per heavy atom. The first-order chi connectivity index (χ1) is 25.2. The molecule has 0 spiro atoms. The van der Waals surface area contributed by atoms with E-state index in [9.17, 15) is 48.0 Å². The molecule has 0 aliphatic heterocycles. The topological polar surface area (TPSA) is 111 Å². The summed E-state index contributed by atoms with van der Waals surface area (Å²) in [6, 6.07) is 21.2. The van der Waals surface area contributed by atoms with Gasteiger partial charge in [0.1, 0.15) is 0 Å². The van der Waals surface area contributed by atoms with Crippen LogP contribution >= 0.6 is 0 Å². The normalized spacial score (nSPS) is 12.4. The number of hydrogen-bond donors (Lipinski definition) is 0. The van der Waals surface area contributed by atoms with Gasteiger partial charge in [-0.3, -0.25) is 14.8 Å². The summed E-state index contributed by atoms with van der Waals surface area (Å²) < 4.78 is 137. The maximum absolute atomic E-state index is 15.0. The third-order valence-electron chi connectivity index (χ3n) is 8.45. The lowest BCUT2D eigenvalue weighted by molar-refractivity contribution is -0.138. The highest BCUT2D eigenvalue weighted by atomic mass is 32.2. The van der Waals surface area contributed by atoms with Gasteiger partial charge in [-0.2, -0.15) is 26.3 Å². The lowest BCUT2D eigenvalue weighted by Gasteiger charge is -2.21. The second-order valence-electron chi connectivity index (χ2n) is 12.2. The highest BCUT2D eigenvalue weighted by Crippen LogP contribution is 2.45. The first-order valence-corrected chi connectivity index (χ1v) is 19.5. The summed E-state index contributed by atoms with van der Waals surface area (Å²) >= 11 is 0. The molecule has 0 bridgehead atoms. The number of ketones is 1. The third-order valence-corrected chi connectivity index (χ3v) is 10.7. The number of alkyl halides is 6. The molecule has 0 radical (unpaired) electrons. The molecule has 0 aliphatic carbocycles. The largest absolute Gasteiger partial charge is 0.416 e. The highest BCUT2D eigenvalue weighted by molar-refractivity contribution is 7.91. The molecule has 54 heavy (non-hydrogen) atoms. The van der Waals surface area contributed by atoms with E-state index in [1.165, 1.54) is 97.3 Å². The Kier molecular flexibility index (Phi) is 9.84. The van der Waals surface area contributed by atoms with Gasteiger partial charge in [0.25, 0.3) is 0 Å². The van der Waals surface area contributed by atoms with Crippen molar-refractivity contribution in [2.24, 2.45) is 0 Å². The molecular formula is C39H26F6N2O5S2. The van der Waals surface area contributed by atoms with Crippen LogP contribution in [0.2, 0.25) is 0 Å². The van der Waals surface area contributed by atoms with Crippen molar-refractivity contribution in [3.63, 3.8) is 0 Å². The number of benzene rings is 4. The standard InChI is InChI=1S/C39H26F6N2O5S2/c1-53(49,50)27-13-9-23(10-14-27)29-19-25(38(40,41)42)21-31(35(29)33-7-3-5-17-46-33)37(48)32-22-26(39(43,44)45)20-30(36(32)34-8-4-6-18-47-34)24-11-15-28(16-12-24)54(2,51)52/h3-22H,1-2H3. The number of carbonyl (C=O) groups is 1. The monoisotopic (exact) mass is 780 g/mol. The van der Waals surface area contributed by atoms with E-state index in [-0.39, 0.29) is 54.6 Å². The van der Waals surface area contributed by atoms with Crippen LogP contribution in [0.15, 0.2) is 131 Å². The number of rotatable bonds is 8. The van der Waals surface area contributed by atoms with Crippen molar-refractivity contribution in [3.8, 4) is 44.8 Å². The van der Waals surface area contributed by atoms with E-state index in [1.807, 2.05) is 0 Å². The van der Waals surface area contributed by atoms with Crippen molar-refractivity contribution in [1.82, 2.24) is 9.97 Å². The number of nitrogens with zero attached hydrogens (tertiary/aromatic N) is 2. The molecule has 15 heteroatoms. The number of carbonyl (C=O) groups excluding carboxylic acids is 1. The molecule has 0 aliphatic rings. The van der Waals surface area contributed by atoms with Gasteiger partial charge >= 0.3 is 12.4 Å². The molecule has 0 saturated heterocycles. The zero-order valence-corrected chi connectivity index (χ0v) is 29.7. The van der Waals surface area contributed by atoms with Gasteiger partial charge in [-0.25, -0.2) is 16.8 Å². The van der Waals surface area contributed by atoms with Gasteiger partial charge in [0.2, 0.25) is 0 Å². The highest BCUT2D eigenvalue weighted by Gasteiger charge is 2.37.